The minimum absolute atomic E-state index is 0.0339. The van der Waals surface area contributed by atoms with Crippen LogP contribution in [-0.4, -0.2) is 22.8 Å². The molecule has 4 bridgehead atoms. The number of rotatable bonds is 1. The van der Waals surface area contributed by atoms with Crippen LogP contribution in [0.4, 0.5) is 0 Å². The van der Waals surface area contributed by atoms with Crippen LogP contribution in [0.2, 0.25) is 0 Å². The van der Waals surface area contributed by atoms with E-state index in [0.717, 1.165) is 19.3 Å². The molecule has 0 radical (unpaired) electrons. The van der Waals surface area contributed by atoms with Gasteiger partial charge in [-0.05, 0) is 54.3 Å². The predicted molar refractivity (Wildman–Crippen MR) is 82.6 cm³/mol. The zero-order valence-corrected chi connectivity index (χ0v) is 13.7. The zero-order chi connectivity index (χ0) is 15.4. The summed E-state index contributed by atoms with van der Waals surface area (Å²) >= 11 is 0. The maximum atomic E-state index is 13.1. The highest BCUT2D eigenvalue weighted by molar-refractivity contribution is 6.06. The smallest absolute Gasteiger partial charge is 0.233 e. The third-order valence-electron chi connectivity index (χ3n) is 8.56. The summed E-state index contributed by atoms with van der Waals surface area (Å²) in [4.78, 5) is 27.9. The number of carbonyl (C=O) groups excluding carboxylic acids is 2. The minimum Gasteiger partial charge on any atom is -0.278 e. The maximum absolute atomic E-state index is 13.1. The molecule has 0 spiro atoms. The van der Waals surface area contributed by atoms with E-state index in [1.807, 2.05) is 0 Å². The van der Waals surface area contributed by atoms with Crippen molar-refractivity contribution < 1.29 is 9.59 Å². The lowest BCUT2D eigenvalue weighted by molar-refractivity contribution is -0.147. The number of carbonyl (C=O) groups is 2. The van der Waals surface area contributed by atoms with Crippen LogP contribution >= 0.6 is 0 Å². The normalized spacial score (nSPS) is 53.9. The Kier molecular flexibility index (Phi) is 2.23. The molecule has 5 aliphatic rings. The van der Waals surface area contributed by atoms with Crippen molar-refractivity contribution in [1.29, 1.82) is 0 Å². The van der Waals surface area contributed by atoms with Gasteiger partial charge in [-0.2, -0.15) is 0 Å². The van der Waals surface area contributed by atoms with E-state index in [-0.39, 0.29) is 40.5 Å². The van der Waals surface area contributed by atoms with Crippen molar-refractivity contribution in [3.63, 3.8) is 0 Å². The van der Waals surface area contributed by atoms with E-state index in [4.69, 9.17) is 0 Å². The number of amides is 2. The fraction of sp³-hybridized carbons (Fsp3) is 0.789. The molecule has 0 aromatic heterocycles. The Morgan fingerprint density at radius 2 is 1.59 bits per heavy atom. The highest BCUT2D eigenvalue weighted by Gasteiger charge is 2.68. The van der Waals surface area contributed by atoms with Gasteiger partial charge in [-0.3, -0.25) is 14.5 Å². The lowest BCUT2D eigenvalue weighted by atomic mass is 9.69. The van der Waals surface area contributed by atoms with E-state index in [0.29, 0.717) is 17.8 Å². The van der Waals surface area contributed by atoms with Crippen LogP contribution in [0.15, 0.2) is 12.2 Å². The molecule has 0 N–H and O–H groups in total. The lowest BCUT2D eigenvalue weighted by Gasteiger charge is -2.42. The number of likely N-dealkylation sites (tertiary alicyclic amines) is 1. The van der Waals surface area contributed by atoms with Crippen molar-refractivity contribution in [2.24, 2.45) is 40.4 Å². The molecular weight excluding hydrogens is 274 g/mol. The first-order valence-corrected chi connectivity index (χ1v) is 8.91. The second-order valence-electron chi connectivity index (χ2n) is 9.17. The van der Waals surface area contributed by atoms with Crippen LogP contribution in [0.25, 0.3) is 0 Å². The molecular formula is C19H25NO2. The number of nitrogens with zero attached hydrogens (tertiary/aromatic N) is 1. The van der Waals surface area contributed by atoms with Crippen LogP contribution < -0.4 is 0 Å². The molecule has 3 saturated carbocycles. The summed E-state index contributed by atoms with van der Waals surface area (Å²) in [7, 11) is 0. The van der Waals surface area contributed by atoms with Gasteiger partial charge in [0.25, 0.3) is 0 Å². The molecule has 4 unspecified atom stereocenters. The summed E-state index contributed by atoms with van der Waals surface area (Å²) in [6.45, 7) is 7.02. The predicted octanol–water partition coefficient (Wildman–Crippen LogP) is 3.01. The van der Waals surface area contributed by atoms with Gasteiger partial charge in [0.05, 0.1) is 11.8 Å². The number of allylic oxidation sites excluding steroid dienone is 2. The fourth-order valence-corrected chi connectivity index (χ4v) is 6.78. The molecule has 118 valence electrons. The minimum atomic E-state index is -0.0339. The number of hydrogen-bond donors (Lipinski definition) is 0. The first-order chi connectivity index (χ1) is 10.4. The van der Waals surface area contributed by atoms with E-state index in [2.05, 4.69) is 32.9 Å². The number of hydrogen-bond acceptors (Lipinski definition) is 2. The molecule has 1 saturated heterocycles. The highest BCUT2D eigenvalue weighted by atomic mass is 16.2. The molecule has 5 rings (SSSR count). The summed E-state index contributed by atoms with van der Waals surface area (Å²) in [6.07, 6.45) is 8.85. The quantitative estimate of drug-likeness (QED) is 0.551. The van der Waals surface area contributed by atoms with Gasteiger partial charge in [0.15, 0.2) is 0 Å². The summed E-state index contributed by atoms with van der Waals surface area (Å²) in [5.74, 6) is 1.56. The Hall–Kier alpha value is -1.12. The van der Waals surface area contributed by atoms with Crippen LogP contribution in [0.1, 0.15) is 46.5 Å². The first kappa shape index (κ1) is 13.3. The van der Waals surface area contributed by atoms with Crippen molar-refractivity contribution in [2.45, 2.75) is 52.5 Å². The molecule has 4 fully saturated rings. The molecule has 3 heteroatoms. The Morgan fingerprint density at radius 1 is 1.00 bits per heavy atom. The van der Waals surface area contributed by atoms with Crippen molar-refractivity contribution in [2.75, 3.05) is 0 Å². The summed E-state index contributed by atoms with van der Waals surface area (Å²) < 4.78 is 0. The third kappa shape index (κ3) is 1.20. The van der Waals surface area contributed by atoms with Gasteiger partial charge < -0.3 is 0 Å². The topological polar surface area (TPSA) is 37.4 Å². The highest BCUT2D eigenvalue weighted by Crippen LogP contribution is 2.67. The van der Waals surface area contributed by atoms with Crippen molar-refractivity contribution in [3.8, 4) is 0 Å². The van der Waals surface area contributed by atoms with Gasteiger partial charge in [-0.15, -0.1) is 0 Å². The van der Waals surface area contributed by atoms with Crippen molar-refractivity contribution in [1.82, 2.24) is 4.90 Å². The molecule has 4 aliphatic carbocycles. The standard InChI is InChI=1S/C19H25NO2/c1-18(2)12-6-7-19(18,3)13(9-12)20-16(21)14-10-4-5-11(8-10)15(14)17(20)22/h4-5,10-15H,6-9H2,1-3H3/t10?,11?,12-,13+,14?,15?,19-/m1/s1. The summed E-state index contributed by atoms with van der Waals surface area (Å²) in [6, 6.07) is 0.145. The second kappa shape index (κ2) is 3.68. The van der Waals surface area contributed by atoms with Gasteiger partial charge in [0.1, 0.15) is 0 Å². The Balaban J connectivity index is 1.53. The SMILES string of the molecule is CC1(C)[C@@H]2CC[C@]1(C)[C@@H](N1C(=O)C3C4C=CC(C4)C3C1=O)C2. The Labute approximate surface area is 132 Å². The van der Waals surface area contributed by atoms with Gasteiger partial charge in [-0.1, -0.05) is 32.9 Å². The van der Waals surface area contributed by atoms with E-state index in [9.17, 15) is 9.59 Å². The van der Waals surface area contributed by atoms with Gasteiger partial charge >= 0.3 is 0 Å². The molecule has 0 aromatic carbocycles. The van der Waals surface area contributed by atoms with E-state index < -0.39 is 0 Å². The van der Waals surface area contributed by atoms with Gasteiger partial charge in [0, 0.05) is 6.04 Å². The van der Waals surface area contributed by atoms with E-state index in [1.54, 1.807) is 4.90 Å². The Morgan fingerprint density at radius 3 is 2.05 bits per heavy atom. The number of imide groups is 1. The van der Waals surface area contributed by atoms with E-state index in [1.165, 1.54) is 6.42 Å². The monoisotopic (exact) mass is 299 g/mol. The van der Waals surface area contributed by atoms with Crippen LogP contribution in [-0.2, 0) is 9.59 Å². The molecule has 2 amide bonds. The van der Waals surface area contributed by atoms with Crippen molar-refractivity contribution >= 4 is 11.8 Å². The van der Waals surface area contributed by atoms with Gasteiger partial charge in [0.2, 0.25) is 11.8 Å². The van der Waals surface area contributed by atoms with E-state index >= 15 is 0 Å². The fourth-order valence-electron chi connectivity index (χ4n) is 6.78. The maximum Gasteiger partial charge on any atom is 0.233 e. The average molecular weight is 299 g/mol. The van der Waals surface area contributed by atoms with Crippen molar-refractivity contribution in [3.05, 3.63) is 12.2 Å². The largest absolute Gasteiger partial charge is 0.278 e. The first-order valence-electron chi connectivity index (χ1n) is 8.91. The average Bonchev–Trinajstić information content (AvgIpc) is 3.20. The second-order valence-corrected chi connectivity index (χ2v) is 9.17. The molecule has 1 heterocycles. The third-order valence-corrected chi connectivity index (χ3v) is 8.56. The zero-order valence-electron chi connectivity index (χ0n) is 13.7. The molecule has 3 nitrogen and oxygen atoms in total. The van der Waals surface area contributed by atoms with Crippen LogP contribution in [0.5, 0.6) is 0 Å². The molecule has 7 atom stereocenters. The molecule has 22 heavy (non-hydrogen) atoms. The summed E-state index contributed by atoms with van der Waals surface area (Å²) in [5, 5.41) is 0. The summed E-state index contributed by atoms with van der Waals surface area (Å²) in [5.41, 5.74) is 0.348. The van der Waals surface area contributed by atoms with Crippen LogP contribution in [0.3, 0.4) is 0 Å². The van der Waals surface area contributed by atoms with Crippen LogP contribution in [0, 0.1) is 40.4 Å². The number of fused-ring (bicyclic) bond motifs is 7. The lowest BCUT2D eigenvalue weighted by Crippen LogP contribution is -2.50. The molecule has 1 aliphatic heterocycles. The Bertz CT molecular complexity index is 591. The molecule has 0 aromatic rings. The van der Waals surface area contributed by atoms with Gasteiger partial charge in [-0.25, -0.2) is 0 Å².